The van der Waals surface area contributed by atoms with E-state index < -0.39 is 0 Å². The zero-order chi connectivity index (χ0) is 14.2. The van der Waals surface area contributed by atoms with Crippen LogP contribution in [0.15, 0.2) is 52.3 Å². The van der Waals surface area contributed by atoms with Crippen molar-refractivity contribution in [2.24, 2.45) is 0 Å². The number of benzene rings is 2. The fourth-order valence-corrected chi connectivity index (χ4v) is 3.53. The second-order valence-electron chi connectivity index (χ2n) is 4.77. The minimum absolute atomic E-state index is 0.143. The Labute approximate surface area is 124 Å². The average Bonchev–Trinajstić information content (AvgIpc) is 2.99. The summed E-state index contributed by atoms with van der Waals surface area (Å²) in [5.41, 5.74) is 2.71. The van der Waals surface area contributed by atoms with Gasteiger partial charge < -0.3 is 0 Å². The summed E-state index contributed by atoms with van der Waals surface area (Å²) < 4.78 is 0. The predicted octanol–water partition coefficient (Wildman–Crippen LogP) is 2.76. The standard InChI is InChI=1S/C15H10N4OS/c20-12-7-9-3-1-2-4-13(9)21-14-8-10(5-6-11(12)14)15-16-18-19-17-15/h1-6,8H,7H2,(H,16,17,18,19). The number of ketones is 1. The zero-order valence-corrected chi connectivity index (χ0v) is 11.7. The highest BCUT2D eigenvalue weighted by Crippen LogP contribution is 2.38. The Kier molecular flexibility index (Phi) is 2.82. The van der Waals surface area contributed by atoms with Crippen molar-refractivity contribution in [3.05, 3.63) is 53.6 Å². The van der Waals surface area contributed by atoms with Gasteiger partial charge in [-0.15, -0.1) is 5.10 Å². The second kappa shape index (κ2) is 4.82. The molecule has 0 atom stereocenters. The first-order valence-electron chi connectivity index (χ1n) is 6.48. The van der Waals surface area contributed by atoms with Crippen LogP contribution in [0.1, 0.15) is 15.9 Å². The van der Waals surface area contributed by atoms with Crippen LogP contribution in [0.2, 0.25) is 0 Å². The molecule has 1 aromatic heterocycles. The lowest BCUT2D eigenvalue weighted by atomic mass is 10.0. The Hall–Kier alpha value is -2.47. The molecule has 21 heavy (non-hydrogen) atoms. The van der Waals surface area contributed by atoms with E-state index in [-0.39, 0.29) is 5.78 Å². The van der Waals surface area contributed by atoms with Crippen molar-refractivity contribution < 1.29 is 4.79 Å². The van der Waals surface area contributed by atoms with Gasteiger partial charge in [0.05, 0.1) is 0 Å². The van der Waals surface area contributed by atoms with Crippen molar-refractivity contribution in [3.8, 4) is 11.4 Å². The number of hydrogen-bond donors (Lipinski definition) is 1. The van der Waals surface area contributed by atoms with E-state index >= 15 is 0 Å². The molecule has 1 aliphatic heterocycles. The Balaban J connectivity index is 1.85. The number of aromatic nitrogens is 4. The molecule has 5 nitrogen and oxygen atoms in total. The maximum absolute atomic E-state index is 12.4. The molecule has 1 aliphatic rings. The highest BCUT2D eigenvalue weighted by molar-refractivity contribution is 7.99. The monoisotopic (exact) mass is 294 g/mol. The number of rotatable bonds is 1. The van der Waals surface area contributed by atoms with Crippen LogP contribution >= 0.6 is 11.8 Å². The Morgan fingerprint density at radius 1 is 1.10 bits per heavy atom. The first kappa shape index (κ1) is 12.3. The Morgan fingerprint density at radius 2 is 2.00 bits per heavy atom. The number of H-pyrrole nitrogens is 1. The van der Waals surface area contributed by atoms with E-state index in [2.05, 4.69) is 20.6 Å². The van der Waals surface area contributed by atoms with Gasteiger partial charge in [-0.2, -0.15) is 0 Å². The maximum Gasteiger partial charge on any atom is 0.179 e. The van der Waals surface area contributed by atoms with Crippen molar-refractivity contribution in [1.29, 1.82) is 0 Å². The molecule has 0 amide bonds. The van der Waals surface area contributed by atoms with Crippen LogP contribution in [-0.4, -0.2) is 26.4 Å². The molecule has 0 fully saturated rings. The molecule has 0 spiro atoms. The zero-order valence-electron chi connectivity index (χ0n) is 10.9. The summed E-state index contributed by atoms with van der Waals surface area (Å²) >= 11 is 1.62. The SMILES string of the molecule is O=C1Cc2ccccc2Sc2cc(-c3nnn[nH]3)ccc21. The van der Waals surface area contributed by atoms with Gasteiger partial charge in [0.15, 0.2) is 11.6 Å². The molecule has 2 heterocycles. The number of tetrazole rings is 1. The third kappa shape index (κ3) is 2.13. The van der Waals surface area contributed by atoms with Crippen molar-refractivity contribution in [3.63, 3.8) is 0 Å². The molecule has 1 N–H and O–H groups in total. The number of nitrogens with zero attached hydrogens (tertiary/aromatic N) is 3. The first-order valence-corrected chi connectivity index (χ1v) is 7.30. The smallest absolute Gasteiger partial charge is 0.179 e. The van der Waals surface area contributed by atoms with E-state index in [1.165, 1.54) is 0 Å². The van der Waals surface area contributed by atoms with E-state index in [4.69, 9.17) is 0 Å². The summed E-state index contributed by atoms with van der Waals surface area (Å²) in [4.78, 5) is 14.5. The van der Waals surface area contributed by atoms with E-state index in [0.717, 1.165) is 26.5 Å². The molecule has 0 bridgehead atoms. The van der Waals surface area contributed by atoms with Gasteiger partial charge in [0, 0.05) is 27.3 Å². The molecule has 2 aromatic carbocycles. The summed E-state index contributed by atoms with van der Waals surface area (Å²) in [7, 11) is 0. The number of hydrogen-bond acceptors (Lipinski definition) is 5. The van der Waals surface area contributed by atoms with Gasteiger partial charge in [-0.05, 0) is 34.2 Å². The average molecular weight is 294 g/mol. The van der Waals surface area contributed by atoms with Crippen molar-refractivity contribution in [2.75, 3.05) is 0 Å². The molecule has 6 heteroatoms. The molecular weight excluding hydrogens is 284 g/mol. The highest BCUT2D eigenvalue weighted by atomic mass is 32.2. The lowest BCUT2D eigenvalue weighted by Gasteiger charge is -2.06. The Bertz CT molecular complexity index is 829. The summed E-state index contributed by atoms with van der Waals surface area (Å²) in [6.45, 7) is 0. The third-order valence-electron chi connectivity index (χ3n) is 3.44. The minimum Gasteiger partial charge on any atom is -0.294 e. The van der Waals surface area contributed by atoms with Gasteiger partial charge in [0.1, 0.15) is 0 Å². The fraction of sp³-hybridized carbons (Fsp3) is 0.0667. The normalized spacial score (nSPS) is 13.4. The first-order chi connectivity index (χ1) is 10.3. The van der Waals surface area contributed by atoms with E-state index in [1.54, 1.807) is 11.8 Å². The topological polar surface area (TPSA) is 71.5 Å². The molecule has 0 aliphatic carbocycles. The summed E-state index contributed by atoms with van der Waals surface area (Å²) in [6.07, 6.45) is 0.444. The summed E-state index contributed by atoms with van der Waals surface area (Å²) in [5, 5.41) is 13.8. The summed E-state index contributed by atoms with van der Waals surface area (Å²) in [6, 6.07) is 13.7. The molecule has 4 rings (SSSR count). The molecular formula is C15H10N4OS. The van der Waals surface area contributed by atoms with Crippen LogP contribution in [0.4, 0.5) is 0 Å². The molecule has 0 saturated heterocycles. The van der Waals surface area contributed by atoms with Crippen molar-refractivity contribution in [2.45, 2.75) is 16.2 Å². The number of Topliss-reactive ketones (excluding diaryl/α,β-unsaturated/α-hetero) is 1. The van der Waals surface area contributed by atoms with Gasteiger partial charge in [0.25, 0.3) is 0 Å². The van der Waals surface area contributed by atoms with Crippen LogP contribution < -0.4 is 0 Å². The number of fused-ring (bicyclic) bond motifs is 2. The van der Waals surface area contributed by atoms with Crippen LogP contribution in [0, 0.1) is 0 Å². The number of aromatic amines is 1. The van der Waals surface area contributed by atoms with Gasteiger partial charge in [0.2, 0.25) is 0 Å². The lowest BCUT2D eigenvalue weighted by molar-refractivity contribution is 0.0990. The maximum atomic E-state index is 12.4. The minimum atomic E-state index is 0.143. The van der Waals surface area contributed by atoms with E-state index in [0.29, 0.717) is 12.2 Å². The highest BCUT2D eigenvalue weighted by Gasteiger charge is 2.20. The number of nitrogens with one attached hydrogen (secondary N) is 1. The van der Waals surface area contributed by atoms with Crippen LogP contribution in [-0.2, 0) is 6.42 Å². The van der Waals surface area contributed by atoms with Gasteiger partial charge >= 0.3 is 0 Å². The third-order valence-corrected chi connectivity index (χ3v) is 4.62. The second-order valence-corrected chi connectivity index (χ2v) is 5.85. The van der Waals surface area contributed by atoms with E-state index in [9.17, 15) is 4.79 Å². The lowest BCUT2D eigenvalue weighted by Crippen LogP contribution is -2.03. The van der Waals surface area contributed by atoms with Gasteiger partial charge in [-0.1, -0.05) is 36.0 Å². The number of carbonyl (C=O) groups excluding carboxylic acids is 1. The largest absolute Gasteiger partial charge is 0.294 e. The molecule has 3 aromatic rings. The van der Waals surface area contributed by atoms with Gasteiger partial charge in [-0.25, -0.2) is 5.10 Å². The van der Waals surface area contributed by atoms with Crippen LogP contribution in [0.5, 0.6) is 0 Å². The molecule has 0 saturated carbocycles. The molecule has 0 unspecified atom stereocenters. The predicted molar refractivity (Wildman–Crippen MR) is 78.2 cm³/mol. The van der Waals surface area contributed by atoms with Crippen LogP contribution in [0.3, 0.4) is 0 Å². The van der Waals surface area contributed by atoms with Crippen molar-refractivity contribution in [1.82, 2.24) is 20.6 Å². The van der Waals surface area contributed by atoms with Crippen molar-refractivity contribution >= 4 is 17.5 Å². The number of carbonyl (C=O) groups is 1. The summed E-state index contributed by atoms with van der Waals surface area (Å²) in [5.74, 6) is 0.744. The van der Waals surface area contributed by atoms with Gasteiger partial charge in [-0.3, -0.25) is 4.79 Å². The quantitative estimate of drug-likeness (QED) is 0.747. The van der Waals surface area contributed by atoms with Crippen LogP contribution in [0.25, 0.3) is 11.4 Å². The molecule has 102 valence electrons. The Morgan fingerprint density at radius 3 is 2.86 bits per heavy atom. The fourth-order valence-electron chi connectivity index (χ4n) is 2.40. The molecule has 0 radical (unpaired) electrons. The van der Waals surface area contributed by atoms with E-state index in [1.807, 2.05) is 42.5 Å².